The standard InChI is InChI=1S/C35H29F3N4O6S2/c1-39-35(43)32-24-14-23(29(41(2)50(4,46)47)16-31(24)48-34(32)21-10-9-19(36)13-26(21)38)27-11-8-18-12-20(17-49(3,44)45)42-28-7-5-6-25(37)22(28)15-30(42)33(18)40-27/h5-11,13-16,20H,12,17H2,1-4H3,(H,39,43). The van der Waals surface area contributed by atoms with E-state index in [2.05, 4.69) is 5.32 Å². The Bertz CT molecular complexity index is 2630. The highest BCUT2D eigenvalue weighted by molar-refractivity contribution is 7.92. The molecule has 258 valence electrons. The first-order chi connectivity index (χ1) is 23.6. The first kappa shape index (κ1) is 33.4. The van der Waals surface area contributed by atoms with Crippen LogP contribution in [0.2, 0.25) is 0 Å². The quantitative estimate of drug-likeness (QED) is 0.211. The molecule has 10 nitrogen and oxygen atoms in total. The number of fused-ring (bicyclic) bond motifs is 6. The summed E-state index contributed by atoms with van der Waals surface area (Å²) in [7, 11) is -4.61. The molecule has 50 heavy (non-hydrogen) atoms. The minimum absolute atomic E-state index is 0.0498. The number of pyridine rings is 1. The molecule has 0 aliphatic carbocycles. The Kier molecular flexibility index (Phi) is 7.82. The molecule has 1 N–H and O–H groups in total. The van der Waals surface area contributed by atoms with E-state index in [1.807, 2.05) is 0 Å². The van der Waals surface area contributed by atoms with Crippen molar-refractivity contribution in [2.45, 2.75) is 12.5 Å². The number of sulfonamides is 1. The summed E-state index contributed by atoms with van der Waals surface area (Å²) in [6.07, 6.45) is 2.42. The third-order valence-electron chi connectivity index (χ3n) is 8.92. The maximum Gasteiger partial charge on any atom is 0.255 e. The predicted octanol–water partition coefficient (Wildman–Crippen LogP) is 6.10. The number of halogens is 3. The van der Waals surface area contributed by atoms with Crippen molar-refractivity contribution in [3.05, 3.63) is 95.3 Å². The normalized spacial score (nSPS) is 14.5. The van der Waals surface area contributed by atoms with Crippen molar-refractivity contribution in [1.82, 2.24) is 14.9 Å². The first-order valence-electron chi connectivity index (χ1n) is 15.3. The van der Waals surface area contributed by atoms with Crippen molar-refractivity contribution >= 4 is 53.3 Å². The van der Waals surface area contributed by atoms with Crippen molar-refractivity contribution < 1.29 is 39.2 Å². The molecule has 0 fully saturated rings. The van der Waals surface area contributed by atoms with Crippen molar-refractivity contribution in [2.75, 3.05) is 36.7 Å². The van der Waals surface area contributed by atoms with Crippen molar-refractivity contribution in [1.29, 1.82) is 0 Å². The fraction of sp³-hybridized carbons (Fsp3) is 0.200. The van der Waals surface area contributed by atoms with Gasteiger partial charge in [-0.1, -0.05) is 12.1 Å². The number of sulfone groups is 1. The van der Waals surface area contributed by atoms with E-state index in [0.717, 1.165) is 28.9 Å². The number of nitrogens with one attached hydrogen (secondary N) is 1. The minimum atomic E-state index is -3.88. The number of amides is 1. The number of carbonyl (C=O) groups is 1. The van der Waals surface area contributed by atoms with Crippen molar-refractivity contribution in [2.24, 2.45) is 0 Å². The molecule has 0 saturated carbocycles. The van der Waals surface area contributed by atoms with E-state index in [4.69, 9.17) is 9.40 Å². The molecule has 1 aliphatic rings. The monoisotopic (exact) mass is 722 g/mol. The smallest absolute Gasteiger partial charge is 0.255 e. The second-order valence-electron chi connectivity index (χ2n) is 12.3. The molecule has 0 radical (unpaired) electrons. The number of rotatable bonds is 7. The molecule has 3 aromatic heterocycles. The highest BCUT2D eigenvalue weighted by atomic mass is 32.2. The Balaban J connectivity index is 1.50. The number of hydrogen-bond donors (Lipinski definition) is 1. The fourth-order valence-electron chi connectivity index (χ4n) is 6.63. The summed E-state index contributed by atoms with van der Waals surface area (Å²) in [5.41, 5.74) is 2.55. The van der Waals surface area contributed by atoms with Gasteiger partial charge in [0.15, 0.2) is 5.76 Å². The predicted molar refractivity (Wildman–Crippen MR) is 185 cm³/mol. The summed E-state index contributed by atoms with van der Waals surface area (Å²) in [6.45, 7) is 0. The highest BCUT2D eigenvalue weighted by Gasteiger charge is 2.32. The van der Waals surface area contributed by atoms with Gasteiger partial charge in [-0.15, -0.1) is 0 Å². The average molecular weight is 723 g/mol. The number of carbonyl (C=O) groups excluding carboxylic acids is 1. The first-order valence-corrected chi connectivity index (χ1v) is 19.2. The molecule has 6 aromatic rings. The Labute approximate surface area is 285 Å². The molecular weight excluding hydrogens is 694 g/mol. The maximum atomic E-state index is 15.1. The number of nitrogens with zero attached hydrogens (tertiary/aromatic N) is 3. The zero-order chi connectivity index (χ0) is 35.9. The molecule has 0 bridgehead atoms. The van der Waals surface area contributed by atoms with Gasteiger partial charge in [0.25, 0.3) is 5.91 Å². The van der Waals surface area contributed by atoms with E-state index in [0.29, 0.717) is 28.5 Å². The van der Waals surface area contributed by atoms with Crippen LogP contribution in [0.3, 0.4) is 0 Å². The summed E-state index contributed by atoms with van der Waals surface area (Å²) in [5.74, 6) is -3.31. The van der Waals surface area contributed by atoms with Crippen LogP contribution < -0.4 is 9.62 Å². The molecule has 0 saturated heterocycles. The Morgan fingerprint density at radius 2 is 1.72 bits per heavy atom. The van der Waals surface area contributed by atoms with Crippen LogP contribution in [-0.2, 0) is 26.3 Å². The topological polar surface area (TPSA) is 132 Å². The molecule has 1 amide bonds. The van der Waals surface area contributed by atoms with Crippen LogP contribution in [0.5, 0.6) is 0 Å². The largest absolute Gasteiger partial charge is 0.455 e. The van der Waals surface area contributed by atoms with Gasteiger partial charge in [-0.05, 0) is 54.4 Å². The van der Waals surface area contributed by atoms with Gasteiger partial charge in [0.05, 0.1) is 57.5 Å². The van der Waals surface area contributed by atoms with E-state index >= 15 is 8.78 Å². The molecule has 3 aromatic carbocycles. The lowest BCUT2D eigenvalue weighted by atomic mass is 9.96. The lowest BCUT2D eigenvalue weighted by molar-refractivity contribution is 0.0964. The van der Waals surface area contributed by atoms with Crippen LogP contribution in [0.15, 0.2) is 71.1 Å². The third kappa shape index (κ3) is 5.59. The van der Waals surface area contributed by atoms with Crippen molar-refractivity contribution in [3.8, 4) is 34.0 Å². The fourth-order valence-corrected chi connectivity index (χ4v) is 8.11. The van der Waals surface area contributed by atoms with Crippen LogP contribution in [0, 0.1) is 17.5 Å². The molecule has 7 rings (SSSR count). The molecule has 1 aliphatic heterocycles. The number of anilines is 1. The SMILES string of the molecule is CNC(=O)c1c(-c2ccc(F)cc2F)oc2cc(N(C)S(C)(=O)=O)c(-c3ccc4c(n3)-c3cc5c(F)cccc5n3C(CS(C)(=O)=O)C4)cc12. The zero-order valence-electron chi connectivity index (χ0n) is 27.1. The van der Waals surface area contributed by atoms with E-state index in [1.54, 1.807) is 34.9 Å². The van der Waals surface area contributed by atoms with Gasteiger partial charge < -0.3 is 14.3 Å². The number of benzene rings is 3. The lowest BCUT2D eigenvalue weighted by Crippen LogP contribution is -2.26. The molecule has 15 heteroatoms. The maximum absolute atomic E-state index is 15.1. The van der Waals surface area contributed by atoms with Crippen LogP contribution in [-0.4, -0.2) is 64.7 Å². The second-order valence-corrected chi connectivity index (χ2v) is 16.5. The van der Waals surface area contributed by atoms with Gasteiger partial charge in [0.1, 0.15) is 32.9 Å². The average Bonchev–Trinajstić information content (AvgIpc) is 3.62. The summed E-state index contributed by atoms with van der Waals surface area (Å²) in [4.78, 5) is 18.2. The lowest BCUT2D eigenvalue weighted by Gasteiger charge is -2.28. The Hall–Kier alpha value is -5.15. The molecule has 1 atom stereocenters. The third-order valence-corrected chi connectivity index (χ3v) is 11.1. The zero-order valence-corrected chi connectivity index (χ0v) is 28.7. The number of furan rings is 1. The van der Waals surface area contributed by atoms with Gasteiger partial charge in [0.2, 0.25) is 10.0 Å². The van der Waals surface area contributed by atoms with Crippen LogP contribution in [0.25, 0.3) is 55.8 Å². The summed E-state index contributed by atoms with van der Waals surface area (Å²) >= 11 is 0. The van der Waals surface area contributed by atoms with E-state index in [1.165, 1.54) is 32.3 Å². The number of hydrogen-bond acceptors (Lipinski definition) is 7. The summed E-state index contributed by atoms with van der Waals surface area (Å²) in [6, 6.07) is 14.8. The highest BCUT2D eigenvalue weighted by Crippen LogP contribution is 2.44. The second kappa shape index (κ2) is 11.7. The van der Waals surface area contributed by atoms with E-state index in [9.17, 15) is 26.0 Å². The van der Waals surface area contributed by atoms with Gasteiger partial charge in [-0.3, -0.25) is 9.10 Å². The molecule has 0 spiro atoms. The van der Waals surface area contributed by atoms with E-state index in [-0.39, 0.29) is 62.4 Å². The molecule has 1 unspecified atom stereocenters. The van der Waals surface area contributed by atoms with E-state index < -0.39 is 49.3 Å². The van der Waals surface area contributed by atoms with Gasteiger partial charge >= 0.3 is 0 Å². The van der Waals surface area contributed by atoms with Gasteiger partial charge in [-0.25, -0.2) is 35.0 Å². The molecule has 4 heterocycles. The minimum Gasteiger partial charge on any atom is -0.455 e. The van der Waals surface area contributed by atoms with Crippen molar-refractivity contribution in [3.63, 3.8) is 0 Å². The van der Waals surface area contributed by atoms with Crippen LogP contribution in [0.4, 0.5) is 18.9 Å². The van der Waals surface area contributed by atoms with Crippen LogP contribution >= 0.6 is 0 Å². The summed E-state index contributed by atoms with van der Waals surface area (Å²) < 4.78 is 103. The summed E-state index contributed by atoms with van der Waals surface area (Å²) in [5, 5.41) is 3.00. The Morgan fingerprint density at radius 3 is 2.40 bits per heavy atom. The van der Waals surface area contributed by atoms with Gasteiger partial charge in [-0.2, -0.15) is 0 Å². The number of aromatic nitrogens is 2. The Morgan fingerprint density at radius 1 is 0.960 bits per heavy atom. The van der Waals surface area contributed by atoms with Crippen LogP contribution in [0.1, 0.15) is 22.0 Å². The van der Waals surface area contributed by atoms with Gasteiger partial charge in [0, 0.05) is 48.8 Å². The molecular formula is C35H29F3N4O6S2.